The number of carbonyl (C=O) groups is 2. The molecule has 1 saturated heterocycles. The first kappa shape index (κ1) is 21.4. The lowest BCUT2D eigenvalue weighted by Gasteiger charge is -2.42. The zero-order valence-corrected chi connectivity index (χ0v) is 18.0. The van der Waals surface area contributed by atoms with E-state index in [1.807, 2.05) is 0 Å². The topological polar surface area (TPSA) is 66.8 Å². The van der Waals surface area contributed by atoms with E-state index in [4.69, 9.17) is 27.9 Å². The molecule has 2 aliphatic rings. The van der Waals surface area contributed by atoms with Crippen molar-refractivity contribution >= 4 is 40.7 Å². The highest BCUT2D eigenvalue weighted by atomic mass is 35.5. The Hall–Kier alpha value is -2.83. The molecule has 3 unspecified atom stereocenters. The molecule has 8 heteroatoms. The lowest BCUT2D eigenvalue weighted by molar-refractivity contribution is -0.122. The van der Waals surface area contributed by atoms with Crippen molar-refractivity contribution in [2.75, 3.05) is 12.0 Å². The molecule has 0 spiro atoms. The van der Waals surface area contributed by atoms with E-state index < -0.39 is 33.3 Å². The van der Waals surface area contributed by atoms with Gasteiger partial charge in [0.25, 0.3) is 11.8 Å². The second-order valence-electron chi connectivity index (χ2n) is 7.38. The fraction of sp³-hybridized carbons (Fsp3) is 0.217. The molecule has 160 valence electrons. The number of benzene rings is 2. The monoisotopic (exact) mass is 461 g/mol. The van der Waals surface area contributed by atoms with Crippen molar-refractivity contribution in [1.29, 1.82) is 0 Å². The van der Waals surface area contributed by atoms with Gasteiger partial charge in [0, 0.05) is 11.5 Å². The molecule has 2 aromatic carbocycles. The Labute approximate surface area is 188 Å². The van der Waals surface area contributed by atoms with Crippen LogP contribution in [0.1, 0.15) is 17.9 Å². The lowest BCUT2D eigenvalue weighted by atomic mass is 9.68. The van der Waals surface area contributed by atoms with E-state index in [-0.39, 0.29) is 29.2 Å². The van der Waals surface area contributed by atoms with Gasteiger partial charge in [0.05, 0.1) is 12.8 Å². The van der Waals surface area contributed by atoms with E-state index in [2.05, 4.69) is 6.58 Å². The molecule has 2 amide bonds. The maximum Gasteiger partial charge on any atom is 0.258 e. The van der Waals surface area contributed by atoms with Crippen LogP contribution in [0.4, 0.5) is 10.1 Å². The Morgan fingerprint density at radius 2 is 1.87 bits per heavy atom. The standard InChI is InChI=1S/C23H18Cl2FNO4/c1-3-13-11-12-22(24)20(29)27(15-9-7-14(26)8-10-15)21(30)23(22,25)18(13)16-5-4-6-17(31-2)19(16)28/h3-11,18,28H,1,12H2,2H3. The van der Waals surface area contributed by atoms with Gasteiger partial charge in [-0.15, -0.1) is 23.2 Å². The van der Waals surface area contributed by atoms with Crippen LogP contribution in [0.15, 0.2) is 66.8 Å². The number of aromatic hydroxyl groups is 1. The van der Waals surface area contributed by atoms with Gasteiger partial charge in [-0.25, -0.2) is 9.29 Å². The Morgan fingerprint density at radius 3 is 2.48 bits per heavy atom. The predicted octanol–water partition coefficient (Wildman–Crippen LogP) is 4.67. The molecule has 1 aliphatic carbocycles. The van der Waals surface area contributed by atoms with Crippen molar-refractivity contribution in [2.45, 2.75) is 22.1 Å². The minimum atomic E-state index is -1.97. The van der Waals surface area contributed by atoms with Gasteiger partial charge in [-0.3, -0.25) is 9.59 Å². The number of rotatable bonds is 4. The van der Waals surface area contributed by atoms with E-state index in [0.717, 1.165) is 17.0 Å². The molecule has 2 aromatic rings. The summed E-state index contributed by atoms with van der Waals surface area (Å²) in [5, 5.41) is 10.8. The minimum absolute atomic E-state index is 0.0249. The van der Waals surface area contributed by atoms with Crippen LogP contribution in [0.2, 0.25) is 0 Å². The number of fused-ring (bicyclic) bond motifs is 1. The SMILES string of the molecule is C=CC1=CCC2(Cl)C(=O)N(c3ccc(F)cc3)C(=O)C2(Cl)C1c1cccc(OC)c1O. The molecule has 1 heterocycles. The van der Waals surface area contributed by atoms with Gasteiger partial charge in [0.1, 0.15) is 5.82 Å². The van der Waals surface area contributed by atoms with Gasteiger partial charge in [0.15, 0.2) is 21.2 Å². The molecule has 1 aliphatic heterocycles. The third-order valence-corrected chi connectivity index (χ3v) is 7.28. The third kappa shape index (κ3) is 2.82. The number of anilines is 1. The van der Waals surface area contributed by atoms with Crippen molar-refractivity contribution in [3.05, 3.63) is 78.1 Å². The second kappa shape index (κ2) is 7.39. The number of ether oxygens (including phenoxy) is 1. The number of methoxy groups -OCH3 is 1. The van der Waals surface area contributed by atoms with Crippen LogP contribution >= 0.6 is 23.2 Å². The summed E-state index contributed by atoms with van der Waals surface area (Å²) in [4.78, 5) is 24.2. The number of halogens is 3. The molecule has 1 N–H and O–H groups in total. The number of nitrogens with zero attached hydrogens (tertiary/aromatic N) is 1. The summed E-state index contributed by atoms with van der Waals surface area (Å²) >= 11 is 13.8. The quantitative estimate of drug-likeness (QED) is 0.530. The molecule has 1 fully saturated rings. The molecule has 0 bridgehead atoms. The highest BCUT2D eigenvalue weighted by molar-refractivity contribution is 6.58. The molecular formula is C23H18Cl2FNO4. The molecule has 0 saturated carbocycles. The molecule has 4 rings (SSSR count). The van der Waals surface area contributed by atoms with Crippen molar-refractivity contribution in [3.63, 3.8) is 0 Å². The van der Waals surface area contributed by atoms with Crippen LogP contribution in [0.3, 0.4) is 0 Å². The summed E-state index contributed by atoms with van der Waals surface area (Å²) < 4.78 is 18.6. The number of phenols is 1. The third-order valence-electron chi connectivity index (χ3n) is 5.86. The minimum Gasteiger partial charge on any atom is -0.504 e. The summed E-state index contributed by atoms with van der Waals surface area (Å²) in [6.45, 7) is 3.80. The van der Waals surface area contributed by atoms with Crippen molar-refractivity contribution in [2.24, 2.45) is 0 Å². The summed E-state index contributed by atoms with van der Waals surface area (Å²) in [6, 6.07) is 9.67. The Balaban J connectivity index is 1.95. The van der Waals surface area contributed by atoms with Gasteiger partial charge >= 0.3 is 0 Å². The number of imide groups is 1. The summed E-state index contributed by atoms with van der Waals surface area (Å²) in [7, 11) is 1.40. The number of carbonyl (C=O) groups excluding carboxylic acids is 2. The smallest absolute Gasteiger partial charge is 0.258 e. The lowest BCUT2D eigenvalue weighted by Crippen LogP contribution is -2.54. The maximum absolute atomic E-state index is 13.7. The van der Waals surface area contributed by atoms with Gasteiger partial charge in [-0.2, -0.15) is 0 Å². The number of hydrogen-bond donors (Lipinski definition) is 1. The highest BCUT2D eigenvalue weighted by Crippen LogP contribution is 2.61. The fourth-order valence-corrected chi connectivity index (χ4v) is 5.15. The fourth-order valence-electron chi connectivity index (χ4n) is 4.31. The highest BCUT2D eigenvalue weighted by Gasteiger charge is 2.73. The van der Waals surface area contributed by atoms with E-state index in [0.29, 0.717) is 5.57 Å². The first-order chi connectivity index (χ1) is 14.7. The Bertz CT molecular complexity index is 1130. The van der Waals surface area contributed by atoms with Gasteiger partial charge in [-0.05, 0) is 42.3 Å². The van der Waals surface area contributed by atoms with Crippen LogP contribution < -0.4 is 9.64 Å². The van der Waals surface area contributed by atoms with Crippen LogP contribution in [0.25, 0.3) is 0 Å². The number of allylic oxidation sites excluding steroid dienone is 3. The molecule has 3 atom stereocenters. The summed E-state index contributed by atoms with van der Waals surface area (Å²) in [6.07, 6.45) is 3.18. The van der Waals surface area contributed by atoms with Gasteiger partial charge in [-0.1, -0.05) is 30.9 Å². The largest absolute Gasteiger partial charge is 0.504 e. The number of phenolic OH excluding ortho intramolecular Hbond substituents is 1. The summed E-state index contributed by atoms with van der Waals surface area (Å²) in [5.74, 6) is -3.03. The van der Waals surface area contributed by atoms with E-state index in [9.17, 15) is 19.1 Å². The van der Waals surface area contributed by atoms with Gasteiger partial charge in [0.2, 0.25) is 0 Å². The summed E-state index contributed by atoms with van der Waals surface area (Å²) in [5.41, 5.74) is 0.962. The predicted molar refractivity (Wildman–Crippen MR) is 116 cm³/mol. The zero-order valence-electron chi connectivity index (χ0n) is 16.4. The molecule has 0 aromatic heterocycles. The molecule has 5 nitrogen and oxygen atoms in total. The average molecular weight is 462 g/mol. The Kier molecular flexibility index (Phi) is 5.10. The average Bonchev–Trinajstić information content (AvgIpc) is 2.92. The maximum atomic E-state index is 13.7. The van der Waals surface area contributed by atoms with Crippen molar-refractivity contribution in [1.82, 2.24) is 0 Å². The van der Waals surface area contributed by atoms with Crippen LogP contribution in [-0.2, 0) is 9.59 Å². The first-order valence-electron chi connectivity index (χ1n) is 9.41. The molecule has 31 heavy (non-hydrogen) atoms. The molecular weight excluding hydrogens is 444 g/mol. The molecule has 0 radical (unpaired) electrons. The number of alkyl halides is 2. The number of amides is 2. The van der Waals surface area contributed by atoms with Crippen LogP contribution in [0.5, 0.6) is 11.5 Å². The van der Waals surface area contributed by atoms with E-state index >= 15 is 0 Å². The first-order valence-corrected chi connectivity index (χ1v) is 10.2. The zero-order chi connectivity index (χ0) is 22.6. The second-order valence-corrected chi connectivity index (χ2v) is 8.62. The van der Waals surface area contributed by atoms with Crippen LogP contribution in [-0.4, -0.2) is 33.8 Å². The van der Waals surface area contributed by atoms with E-state index in [1.54, 1.807) is 24.3 Å². The van der Waals surface area contributed by atoms with Crippen molar-refractivity contribution < 1.29 is 23.8 Å². The normalized spacial score (nSPS) is 27.7. The van der Waals surface area contributed by atoms with Gasteiger partial charge < -0.3 is 9.84 Å². The Morgan fingerprint density at radius 1 is 1.19 bits per heavy atom. The van der Waals surface area contributed by atoms with E-state index in [1.165, 1.54) is 25.3 Å². The number of hydrogen-bond acceptors (Lipinski definition) is 4. The van der Waals surface area contributed by atoms with Crippen molar-refractivity contribution in [3.8, 4) is 11.5 Å². The van der Waals surface area contributed by atoms with Crippen LogP contribution in [0, 0.1) is 5.82 Å². The number of para-hydroxylation sites is 1.